The molecule has 0 spiro atoms. The molecule has 1 N–H and O–H groups in total. The molecule has 0 aliphatic carbocycles. The fraction of sp³-hybridized carbons (Fsp3) is 0.333. The molecule has 1 aromatic heterocycles. The van der Waals surface area contributed by atoms with Gasteiger partial charge in [0, 0.05) is 32.9 Å². The standard InChI is InChI=1S/C39H40N2O10/c1-26(42)48-22-10-6-7-11-28-24-41(38(45)40-37(28)44)36-23-34(50-27(2)43)35(51-36)25-49-39(29-12-8-5-9-13-29,30-14-18-32(46-3)19-15-30)31-16-20-33(47-4)21-17-31/h5,8-9,12-21,24,34-36H,6,10,22-23,25H2,1-4H3,(H,40,44,45)/t34-,35+,36+/m0/s1. The van der Waals surface area contributed by atoms with E-state index in [4.69, 9.17) is 28.4 Å². The molecule has 1 aliphatic heterocycles. The monoisotopic (exact) mass is 696 g/mol. The predicted molar refractivity (Wildman–Crippen MR) is 186 cm³/mol. The number of carbonyl (C=O) groups is 2. The number of unbranched alkanes of at least 4 members (excludes halogenated alkanes) is 1. The number of aromatic nitrogens is 2. The molecule has 4 aromatic rings. The van der Waals surface area contributed by atoms with Crippen LogP contribution in [0.2, 0.25) is 0 Å². The van der Waals surface area contributed by atoms with Gasteiger partial charge in [-0.2, -0.15) is 0 Å². The van der Waals surface area contributed by atoms with Gasteiger partial charge in [-0.25, -0.2) is 4.79 Å². The number of hydrogen-bond donors (Lipinski definition) is 1. The van der Waals surface area contributed by atoms with Crippen molar-refractivity contribution in [1.29, 1.82) is 0 Å². The fourth-order valence-electron chi connectivity index (χ4n) is 5.96. The summed E-state index contributed by atoms with van der Waals surface area (Å²) in [5.41, 5.74) is -0.0520. The number of aromatic amines is 1. The second-order valence-corrected chi connectivity index (χ2v) is 11.8. The zero-order valence-corrected chi connectivity index (χ0v) is 28.9. The summed E-state index contributed by atoms with van der Waals surface area (Å²) in [6.45, 7) is 2.77. The minimum absolute atomic E-state index is 0.0523. The van der Waals surface area contributed by atoms with E-state index in [2.05, 4.69) is 16.8 Å². The van der Waals surface area contributed by atoms with E-state index < -0.39 is 41.3 Å². The van der Waals surface area contributed by atoms with Gasteiger partial charge < -0.3 is 28.4 Å². The molecule has 12 nitrogen and oxygen atoms in total. The third-order valence-corrected chi connectivity index (χ3v) is 8.39. The highest BCUT2D eigenvalue weighted by Gasteiger charge is 2.44. The molecule has 0 unspecified atom stereocenters. The number of nitrogens with one attached hydrogen (secondary N) is 1. The van der Waals surface area contributed by atoms with Gasteiger partial charge in [0.15, 0.2) is 0 Å². The van der Waals surface area contributed by atoms with E-state index in [1.54, 1.807) is 14.2 Å². The van der Waals surface area contributed by atoms with E-state index >= 15 is 0 Å². The number of ether oxygens (including phenoxy) is 6. The molecule has 51 heavy (non-hydrogen) atoms. The Morgan fingerprint density at radius 1 is 0.882 bits per heavy atom. The molecule has 5 rings (SSSR count). The first-order chi connectivity index (χ1) is 24.6. The second-order valence-electron chi connectivity index (χ2n) is 11.8. The van der Waals surface area contributed by atoms with Crippen LogP contribution >= 0.6 is 0 Å². The van der Waals surface area contributed by atoms with Crippen molar-refractivity contribution in [2.45, 2.75) is 57.1 Å². The molecule has 1 aliphatic rings. The Morgan fingerprint density at radius 3 is 2.06 bits per heavy atom. The summed E-state index contributed by atoms with van der Waals surface area (Å²) in [4.78, 5) is 51.2. The summed E-state index contributed by atoms with van der Waals surface area (Å²) < 4.78 is 36.1. The van der Waals surface area contributed by atoms with Crippen molar-refractivity contribution in [3.8, 4) is 23.3 Å². The molecule has 12 heteroatoms. The van der Waals surface area contributed by atoms with Gasteiger partial charge in [0.25, 0.3) is 5.56 Å². The van der Waals surface area contributed by atoms with Crippen LogP contribution in [-0.4, -0.2) is 61.1 Å². The molecular weight excluding hydrogens is 656 g/mol. The van der Waals surface area contributed by atoms with Crippen LogP contribution in [0.1, 0.15) is 61.6 Å². The molecule has 3 aromatic carbocycles. The molecule has 0 amide bonds. The minimum Gasteiger partial charge on any atom is -0.497 e. The summed E-state index contributed by atoms with van der Waals surface area (Å²) in [6, 6.07) is 24.8. The van der Waals surface area contributed by atoms with E-state index in [0.29, 0.717) is 24.3 Å². The maximum atomic E-state index is 13.0. The van der Waals surface area contributed by atoms with Gasteiger partial charge in [0.05, 0.1) is 27.4 Å². The normalized spacial score (nSPS) is 16.8. The Bertz CT molecular complexity index is 1930. The summed E-state index contributed by atoms with van der Waals surface area (Å²) in [7, 11) is 3.19. The number of carbonyl (C=O) groups excluding carboxylic acids is 2. The molecule has 0 radical (unpaired) electrons. The first kappa shape index (κ1) is 36.6. The summed E-state index contributed by atoms with van der Waals surface area (Å²) in [5, 5.41) is 0. The van der Waals surface area contributed by atoms with E-state index in [0.717, 1.165) is 16.7 Å². The van der Waals surface area contributed by atoms with Crippen LogP contribution in [0.15, 0.2) is 94.6 Å². The predicted octanol–water partition coefficient (Wildman–Crippen LogP) is 4.48. The van der Waals surface area contributed by atoms with Gasteiger partial charge in [-0.05, 0) is 47.4 Å². The third kappa shape index (κ3) is 8.75. The topological polar surface area (TPSA) is 144 Å². The average molecular weight is 697 g/mol. The molecule has 266 valence electrons. The second kappa shape index (κ2) is 16.8. The Labute approximate surface area is 295 Å². The van der Waals surface area contributed by atoms with Crippen molar-refractivity contribution >= 4 is 11.9 Å². The smallest absolute Gasteiger partial charge is 0.330 e. The van der Waals surface area contributed by atoms with Gasteiger partial charge in [-0.1, -0.05) is 66.4 Å². The first-order valence-electron chi connectivity index (χ1n) is 16.4. The Morgan fingerprint density at radius 2 is 1.49 bits per heavy atom. The zero-order chi connectivity index (χ0) is 36.4. The fourth-order valence-corrected chi connectivity index (χ4v) is 5.96. The van der Waals surface area contributed by atoms with Crippen LogP contribution in [0.25, 0.3) is 0 Å². The molecule has 2 heterocycles. The Hall–Kier alpha value is -5.64. The Kier molecular flexibility index (Phi) is 12.1. The number of esters is 2. The lowest BCUT2D eigenvalue weighted by Gasteiger charge is -2.37. The number of H-pyrrole nitrogens is 1. The van der Waals surface area contributed by atoms with Crippen molar-refractivity contribution in [1.82, 2.24) is 9.55 Å². The lowest BCUT2D eigenvalue weighted by atomic mass is 9.80. The van der Waals surface area contributed by atoms with E-state index in [-0.39, 0.29) is 31.2 Å². The van der Waals surface area contributed by atoms with Crippen molar-refractivity contribution in [3.05, 3.63) is 128 Å². The van der Waals surface area contributed by atoms with Crippen molar-refractivity contribution in [2.24, 2.45) is 0 Å². The number of hydrogen-bond acceptors (Lipinski definition) is 10. The lowest BCUT2D eigenvalue weighted by molar-refractivity contribution is -0.153. The van der Waals surface area contributed by atoms with Gasteiger partial charge in [-0.15, -0.1) is 0 Å². The minimum atomic E-state index is -1.17. The maximum Gasteiger partial charge on any atom is 0.330 e. The molecule has 0 bridgehead atoms. The summed E-state index contributed by atoms with van der Waals surface area (Å²) >= 11 is 0. The summed E-state index contributed by atoms with van der Waals surface area (Å²) in [5.74, 6) is 6.09. The van der Waals surface area contributed by atoms with E-state index in [1.807, 2.05) is 78.9 Å². The molecule has 3 atom stereocenters. The highest BCUT2D eigenvalue weighted by atomic mass is 16.6. The number of methoxy groups -OCH3 is 2. The quantitative estimate of drug-likeness (QED) is 0.0920. The maximum absolute atomic E-state index is 13.0. The van der Waals surface area contributed by atoms with E-state index in [9.17, 15) is 19.2 Å². The van der Waals surface area contributed by atoms with Crippen LogP contribution < -0.4 is 20.7 Å². The number of benzene rings is 3. The SMILES string of the molecule is COc1ccc(C(OC[C@H]2O[C@@H](n3cc(C#CCCCOC(C)=O)c(=O)[nH]c3=O)C[C@@H]2OC(C)=O)(c2ccccc2)c2ccc(OC)cc2)cc1. The highest BCUT2D eigenvalue weighted by Crippen LogP contribution is 2.43. The van der Waals surface area contributed by atoms with Crippen molar-refractivity contribution in [3.63, 3.8) is 0 Å². The van der Waals surface area contributed by atoms with Crippen molar-refractivity contribution in [2.75, 3.05) is 27.4 Å². The van der Waals surface area contributed by atoms with E-state index in [1.165, 1.54) is 24.6 Å². The van der Waals surface area contributed by atoms with Crippen LogP contribution in [-0.2, 0) is 34.1 Å². The highest BCUT2D eigenvalue weighted by molar-refractivity contribution is 5.66. The van der Waals surface area contributed by atoms with Gasteiger partial charge in [-0.3, -0.25) is 23.9 Å². The first-order valence-corrected chi connectivity index (χ1v) is 16.4. The third-order valence-electron chi connectivity index (χ3n) is 8.39. The van der Waals surface area contributed by atoms with Crippen LogP contribution in [0, 0.1) is 11.8 Å². The lowest BCUT2D eigenvalue weighted by Crippen LogP contribution is -2.39. The summed E-state index contributed by atoms with van der Waals surface area (Å²) in [6.07, 6.45) is -0.217. The van der Waals surface area contributed by atoms with Gasteiger partial charge in [0.2, 0.25) is 0 Å². The molecular formula is C39H40N2O10. The molecule has 1 saturated heterocycles. The van der Waals surface area contributed by atoms with Gasteiger partial charge >= 0.3 is 17.6 Å². The van der Waals surface area contributed by atoms with Gasteiger partial charge in [0.1, 0.15) is 41.1 Å². The van der Waals surface area contributed by atoms with Crippen molar-refractivity contribution < 1.29 is 38.0 Å². The molecule has 0 saturated carbocycles. The largest absolute Gasteiger partial charge is 0.497 e. The van der Waals surface area contributed by atoms with Crippen LogP contribution in [0.4, 0.5) is 0 Å². The molecule has 1 fully saturated rings. The van der Waals surface area contributed by atoms with Crippen LogP contribution in [0.5, 0.6) is 11.5 Å². The Balaban J connectivity index is 1.49. The van der Waals surface area contributed by atoms with Crippen LogP contribution in [0.3, 0.4) is 0 Å². The number of nitrogens with zero attached hydrogens (tertiary/aromatic N) is 1. The zero-order valence-electron chi connectivity index (χ0n) is 28.9. The number of rotatable bonds is 13. The average Bonchev–Trinajstić information content (AvgIpc) is 3.52.